The van der Waals surface area contributed by atoms with Gasteiger partial charge in [-0.1, -0.05) is 122 Å². The first-order chi connectivity index (χ1) is 13.5. The van der Waals surface area contributed by atoms with Crippen LogP contribution < -0.4 is 0 Å². The fourth-order valence-electron chi connectivity index (χ4n) is 3.74. The Kier molecular flexibility index (Phi) is 19.8. The third-order valence-electron chi connectivity index (χ3n) is 5.40. The molecule has 0 aromatic rings. The lowest BCUT2D eigenvalue weighted by Crippen LogP contribution is -2.28. The first-order valence-electron chi connectivity index (χ1n) is 12.7. The molecule has 0 heterocycles. The lowest BCUT2D eigenvalue weighted by Gasteiger charge is -2.17. The number of carbonyl (C=O) groups is 1. The molecule has 0 aromatic heterocycles. The largest absolute Gasteiger partial charge is 0.520 e. The smallest absolute Gasteiger partial charge is 0.292 e. The number of unbranched alkanes of at least 4 members (excludes halogenated alkanes) is 18. The van der Waals surface area contributed by atoms with E-state index in [2.05, 4.69) is 26.6 Å². The molecule has 0 atom stereocenters. The van der Waals surface area contributed by atoms with Gasteiger partial charge in [0.25, 0.3) is 5.97 Å². The van der Waals surface area contributed by atoms with E-state index in [0.717, 1.165) is 6.42 Å². The highest BCUT2D eigenvalue weighted by Gasteiger charge is 2.19. The van der Waals surface area contributed by atoms with Crippen LogP contribution in [0.5, 0.6) is 0 Å². The minimum Gasteiger partial charge on any atom is -0.520 e. The molecule has 0 aliphatic carbocycles. The molecular formula is C25H52O2Si. The summed E-state index contributed by atoms with van der Waals surface area (Å²) in [6.45, 7) is 8.50. The summed E-state index contributed by atoms with van der Waals surface area (Å²) < 4.78 is 5.47. The van der Waals surface area contributed by atoms with Gasteiger partial charge in [-0.25, -0.2) is 0 Å². The van der Waals surface area contributed by atoms with Crippen LogP contribution in [0.3, 0.4) is 0 Å². The maximum Gasteiger partial charge on any atom is 0.292 e. The van der Waals surface area contributed by atoms with Crippen molar-refractivity contribution in [1.29, 1.82) is 0 Å². The summed E-state index contributed by atoms with van der Waals surface area (Å²) in [6, 6.07) is 0. The van der Waals surface area contributed by atoms with Crippen molar-refractivity contribution < 1.29 is 9.22 Å². The Balaban J connectivity index is 3.11. The standard InChI is InChI=1S/C25H52O2Si/c1-5-6-7-8-9-10-11-12-13-14-15-16-17-18-19-20-21-22-23-24-25(26)27-28(2,3)4/h5-24H2,1-4H3. The quantitative estimate of drug-likeness (QED) is 0.139. The van der Waals surface area contributed by atoms with Gasteiger partial charge in [0.05, 0.1) is 0 Å². The molecule has 28 heavy (non-hydrogen) atoms. The van der Waals surface area contributed by atoms with Crippen LogP contribution in [0.15, 0.2) is 0 Å². The molecule has 0 aromatic carbocycles. The van der Waals surface area contributed by atoms with Crippen molar-refractivity contribution in [2.24, 2.45) is 0 Å². The second-order valence-electron chi connectivity index (χ2n) is 9.70. The normalized spacial score (nSPS) is 11.7. The highest BCUT2D eigenvalue weighted by Crippen LogP contribution is 2.15. The summed E-state index contributed by atoms with van der Waals surface area (Å²) in [4.78, 5) is 11.7. The molecular weight excluding hydrogens is 360 g/mol. The van der Waals surface area contributed by atoms with Crippen LogP contribution in [0.1, 0.15) is 135 Å². The fraction of sp³-hybridized carbons (Fsp3) is 0.960. The van der Waals surface area contributed by atoms with Crippen LogP contribution in [-0.2, 0) is 9.22 Å². The van der Waals surface area contributed by atoms with Gasteiger partial charge in [-0.15, -0.1) is 0 Å². The second-order valence-corrected chi connectivity index (χ2v) is 14.1. The predicted molar refractivity (Wildman–Crippen MR) is 127 cm³/mol. The van der Waals surface area contributed by atoms with Gasteiger partial charge in [0.2, 0.25) is 8.32 Å². The molecule has 0 rings (SSSR count). The van der Waals surface area contributed by atoms with E-state index in [4.69, 9.17) is 4.43 Å². The minimum atomic E-state index is -1.68. The van der Waals surface area contributed by atoms with E-state index in [9.17, 15) is 4.79 Å². The van der Waals surface area contributed by atoms with Crippen LogP contribution in [0, 0.1) is 0 Å². The summed E-state index contributed by atoms with van der Waals surface area (Å²) in [5, 5.41) is 0. The summed E-state index contributed by atoms with van der Waals surface area (Å²) in [6.07, 6.45) is 26.9. The molecule has 168 valence electrons. The van der Waals surface area contributed by atoms with Crippen molar-refractivity contribution in [2.75, 3.05) is 0 Å². The maximum atomic E-state index is 11.7. The molecule has 0 amide bonds. The third kappa shape index (κ3) is 23.7. The van der Waals surface area contributed by atoms with Gasteiger partial charge in [-0.3, -0.25) is 4.79 Å². The van der Waals surface area contributed by atoms with Crippen molar-refractivity contribution in [3.63, 3.8) is 0 Å². The average molecular weight is 413 g/mol. The molecule has 0 spiro atoms. The topological polar surface area (TPSA) is 26.3 Å². The molecule has 0 fully saturated rings. The molecule has 0 bridgehead atoms. The van der Waals surface area contributed by atoms with Gasteiger partial charge in [0.1, 0.15) is 0 Å². The van der Waals surface area contributed by atoms with E-state index in [1.807, 2.05) is 0 Å². The summed E-state index contributed by atoms with van der Waals surface area (Å²) >= 11 is 0. The molecule has 0 radical (unpaired) electrons. The maximum absolute atomic E-state index is 11.7. The second kappa shape index (κ2) is 20.0. The summed E-state index contributed by atoms with van der Waals surface area (Å²) in [7, 11) is -1.68. The lowest BCUT2D eigenvalue weighted by molar-refractivity contribution is -0.135. The van der Waals surface area contributed by atoms with Crippen molar-refractivity contribution in [2.45, 2.75) is 155 Å². The van der Waals surface area contributed by atoms with Gasteiger partial charge in [0.15, 0.2) is 0 Å². The van der Waals surface area contributed by atoms with E-state index in [1.54, 1.807) is 0 Å². The molecule has 2 nitrogen and oxygen atoms in total. The summed E-state index contributed by atoms with van der Waals surface area (Å²) in [5.74, 6) is 0.0196. The fourth-order valence-corrected chi connectivity index (χ4v) is 4.53. The Bertz CT molecular complexity index is 336. The zero-order valence-electron chi connectivity index (χ0n) is 20.0. The Labute approximate surface area is 178 Å². The zero-order valence-corrected chi connectivity index (χ0v) is 21.0. The Morgan fingerprint density at radius 3 is 1.11 bits per heavy atom. The minimum absolute atomic E-state index is 0.0196. The van der Waals surface area contributed by atoms with Gasteiger partial charge in [0, 0.05) is 6.42 Å². The Morgan fingerprint density at radius 2 is 0.821 bits per heavy atom. The lowest BCUT2D eigenvalue weighted by atomic mass is 10.0. The van der Waals surface area contributed by atoms with Crippen LogP contribution in [-0.4, -0.2) is 14.3 Å². The average Bonchev–Trinajstić information content (AvgIpc) is 2.62. The monoisotopic (exact) mass is 412 g/mol. The molecule has 0 saturated carbocycles. The Hall–Kier alpha value is -0.313. The number of rotatable bonds is 21. The van der Waals surface area contributed by atoms with Crippen molar-refractivity contribution in [1.82, 2.24) is 0 Å². The zero-order chi connectivity index (χ0) is 20.9. The molecule has 0 saturated heterocycles. The molecule has 0 N–H and O–H groups in total. The Morgan fingerprint density at radius 1 is 0.536 bits per heavy atom. The van der Waals surface area contributed by atoms with Crippen molar-refractivity contribution in [3.05, 3.63) is 0 Å². The molecule has 0 aliphatic heterocycles. The van der Waals surface area contributed by atoms with E-state index in [-0.39, 0.29) is 5.97 Å². The molecule has 0 aliphatic rings. The summed E-state index contributed by atoms with van der Waals surface area (Å²) in [5.41, 5.74) is 0. The van der Waals surface area contributed by atoms with Crippen molar-refractivity contribution >= 4 is 14.3 Å². The van der Waals surface area contributed by atoms with Crippen LogP contribution in [0.25, 0.3) is 0 Å². The SMILES string of the molecule is CCCCCCCCCCCCCCCCCCCCCC(=O)O[Si](C)(C)C. The molecule has 0 unspecified atom stereocenters. The van der Waals surface area contributed by atoms with Crippen LogP contribution >= 0.6 is 0 Å². The highest BCUT2D eigenvalue weighted by molar-refractivity contribution is 6.71. The number of hydrogen-bond acceptors (Lipinski definition) is 2. The van der Waals surface area contributed by atoms with E-state index in [0.29, 0.717) is 6.42 Å². The van der Waals surface area contributed by atoms with Gasteiger partial charge < -0.3 is 4.43 Å². The van der Waals surface area contributed by atoms with Crippen molar-refractivity contribution in [3.8, 4) is 0 Å². The van der Waals surface area contributed by atoms with E-state index >= 15 is 0 Å². The first kappa shape index (κ1) is 27.7. The van der Waals surface area contributed by atoms with Gasteiger partial charge in [-0.2, -0.15) is 0 Å². The number of hydrogen-bond donors (Lipinski definition) is 0. The van der Waals surface area contributed by atoms with Gasteiger partial charge >= 0.3 is 0 Å². The molecule has 3 heteroatoms. The van der Waals surface area contributed by atoms with Crippen LogP contribution in [0.2, 0.25) is 19.6 Å². The first-order valence-corrected chi connectivity index (χ1v) is 16.1. The van der Waals surface area contributed by atoms with Crippen LogP contribution in [0.4, 0.5) is 0 Å². The van der Waals surface area contributed by atoms with Gasteiger partial charge in [-0.05, 0) is 26.1 Å². The third-order valence-corrected chi connectivity index (χ3v) is 6.24. The van der Waals surface area contributed by atoms with E-state index < -0.39 is 8.32 Å². The highest BCUT2D eigenvalue weighted by atomic mass is 28.4. The van der Waals surface area contributed by atoms with E-state index in [1.165, 1.54) is 116 Å². The number of carbonyl (C=O) groups excluding carboxylic acids is 1. The predicted octanol–water partition coefficient (Wildman–Crippen LogP) is 9.19.